The van der Waals surface area contributed by atoms with E-state index in [0.717, 1.165) is 5.56 Å². The van der Waals surface area contributed by atoms with E-state index in [4.69, 9.17) is 4.52 Å². The smallest absolute Gasteiger partial charge is 0.254 e. The van der Waals surface area contributed by atoms with E-state index in [1.54, 1.807) is 36.9 Å². The lowest BCUT2D eigenvalue weighted by atomic mass is 10.1. The average Bonchev–Trinajstić information content (AvgIpc) is 2.90. The Bertz CT molecular complexity index is 650. The Morgan fingerprint density at radius 2 is 2.09 bits per heavy atom. The Labute approximate surface area is 129 Å². The van der Waals surface area contributed by atoms with E-state index in [0.29, 0.717) is 23.8 Å². The summed E-state index contributed by atoms with van der Waals surface area (Å²) in [6.07, 6.45) is -0.575. The second-order valence-corrected chi connectivity index (χ2v) is 5.62. The minimum absolute atomic E-state index is 0.00169. The van der Waals surface area contributed by atoms with Crippen LogP contribution in [0.15, 0.2) is 28.8 Å². The third kappa shape index (κ3) is 3.71. The van der Waals surface area contributed by atoms with Crippen LogP contribution < -0.4 is 0 Å². The number of rotatable bonds is 5. The molecule has 0 bridgehead atoms. The molecule has 1 N–H and O–H groups in total. The number of aliphatic hydroxyl groups is 1. The summed E-state index contributed by atoms with van der Waals surface area (Å²) in [5, 5.41) is 13.4. The molecule has 1 heterocycles. The first-order chi connectivity index (χ1) is 10.4. The summed E-state index contributed by atoms with van der Waals surface area (Å²) in [7, 11) is 0. The van der Waals surface area contributed by atoms with Crippen LogP contribution in [-0.4, -0.2) is 44.7 Å². The molecule has 6 nitrogen and oxygen atoms in total. The second kappa shape index (κ2) is 6.70. The summed E-state index contributed by atoms with van der Waals surface area (Å²) < 4.78 is 4.97. The van der Waals surface area contributed by atoms with Crippen LogP contribution in [-0.2, 0) is 0 Å². The van der Waals surface area contributed by atoms with Gasteiger partial charge in [-0.25, -0.2) is 0 Å². The number of nitrogens with zero attached hydrogens (tertiary/aromatic N) is 3. The van der Waals surface area contributed by atoms with Gasteiger partial charge in [-0.05, 0) is 32.9 Å². The van der Waals surface area contributed by atoms with Crippen LogP contribution >= 0.6 is 0 Å². The van der Waals surface area contributed by atoms with Gasteiger partial charge in [0.1, 0.15) is 0 Å². The minimum Gasteiger partial charge on any atom is -0.392 e. The largest absolute Gasteiger partial charge is 0.392 e. The van der Waals surface area contributed by atoms with E-state index in [1.807, 2.05) is 19.9 Å². The van der Waals surface area contributed by atoms with Crippen LogP contribution in [0.4, 0.5) is 0 Å². The first-order valence-corrected chi connectivity index (χ1v) is 7.28. The van der Waals surface area contributed by atoms with Gasteiger partial charge in [0, 0.05) is 30.6 Å². The molecule has 1 amide bonds. The standard InChI is InChI=1S/C16H21N3O3/c1-10(2)19(9-11(3)20)16(21)14-7-5-6-13(8-14)15-17-12(4)22-18-15/h5-8,10-11,20H,9H2,1-4H3. The summed E-state index contributed by atoms with van der Waals surface area (Å²) in [5.74, 6) is 0.807. The van der Waals surface area contributed by atoms with Crippen molar-refractivity contribution in [3.05, 3.63) is 35.7 Å². The molecule has 0 radical (unpaired) electrons. The van der Waals surface area contributed by atoms with Crippen molar-refractivity contribution in [1.82, 2.24) is 15.0 Å². The number of aromatic nitrogens is 2. The zero-order valence-electron chi connectivity index (χ0n) is 13.3. The fourth-order valence-corrected chi connectivity index (χ4v) is 2.19. The molecule has 6 heteroatoms. The fourth-order valence-electron chi connectivity index (χ4n) is 2.19. The van der Waals surface area contributed by atoms with Crippen molar-refractivity contribution in [2.24, 2.45) is 0 Å². The number of hydrogen-bond acceptors (Lipinski definition) is 5. The Kier molecular flexibility index (Phi) is 4.92. The number of benzene rings is 1. The molecule has 1 atom stereocenters. The van der Waals surface area contributed by atoms with E-state index in [2.05, 4.69) is 10.1 Å². The number of carbonyl (C=O) groups is 1. The Morgan fingerprint density at radius 3 is 2.64 bits per heavy atom. The molecule has 22 heavy (non-hydrogen) atoms. The van der Waals surface area contributed by atoms with Gasteiger partial charge in [0.25, 0.3) is 5.91 Å². The highest BCUT2D eigenvalue weighted by Crippen LogP contribution is 2.19. The van der Waals surface area contributed by atoms with Gasteiger partial charge < -0.3 is 14.5 Å². The lowest BCUT2D eigenvalue weighted by Gasteiger charge is -2.28. The van der Waals surface area contributed by atoms with Gasteiger partial charge >= 0.3 is 0 Å². The zero-order valence-corrected chi connectivity index (χ0v) is 13.3. The van der Waals surface area contributed by atoms with Crippen LogP contribution in [0.1, 0.15) is 37.0 Å². The molecule has 1 aromatic carbocycles. The number of amides is 1. The number of aryl methyl sites for hydroxylation is 1. The molecule has 2 aromatic rings. The zero-order chi connectivity index (χ0) is 16.3. The molecule has 0 aliphatic heterocycles. The Balaban J connectivity index is 2.29. The molecule has 2 rings (SSSR count). The van der Waals surface area contributed by atoms with Gasteiger partial charge in [-0.15, -0.1) is 0 Å². The number of aliphatic hydroxyl groups excluding tert-OH is 1. The van der Waals surface area contributed by atoms with Crippen molar-refractivity contribution in [1.29, 1.82) is 0 Å². The van der Waals surface area contributed by atoms with Crippen molar-refractivity contribution in [2.45, 2.75) is 39.8 Å². The predicted molar refractivity (Wildman–Crippen MR) is 82.3 cm³/mol. The summed E-state index contributed by atoms with van der Waals surface area (Å²) in [4.78, 5) is 18.5. The van der Waals surface area contributed by atoms with Crippen molar-refractivity contribution < 1.29 is 14.4 Å². The van der Waals surface area contributed by atoms with Crippen LogP contribution in [0.3, 0.4) is 0 Å². The summed E-state index contributed by atoms with van der Waals surface area (Å²) in [5.41, 5.74) is 1.26. The molecular formula is C16H21N3O3. The number of hydrogen-bond donors (Lipinski definition) is 1. The molecule has 1 aromatic heterocycles. The van der Waals surface area contributed by atoms with Crippen LogP contribution in [0.25, 0.3) is 11.4 Å². The van der Waals surface area contributed by atoms with E-state index in [9.17, 15) is 9.90 Å². The molecule has 118 valence electrons. The highest BCUT2D eigenvalue weighted by atomic mass is 16.5. The highest BCUT2D eigenvalue weighted by Gasteiger charge is 2.21. The quantitative estimate of drug-likeness (QED) is 0.916. The van der Waals surface area contributed by atoms with Gasteiger partial charge in [-0.3, -0.25) is 4.79 Å². The van der Waals surface area contributed by atoms with Crippen molar-refractivity contribution >= 4 is 5.91 Å². The molecule has 0 fully saturated rings. The molecule has 1 unspecified atom stereocenters. The van der Waals surface area contributed by atoms with Gasteiger partial charge in [-0.1, -0.05) is 17.3 Å². The van der Waals surface area contributed by atoms with Crippen molar-refractivity contribution in [3.63, 3.8) is 0 Å². The predicted octanol–water partition coefficient (Wildman–Crippen LogP) is 2.28. The highest BCUT2D eigenvalue weighted by molar-refractivity contribution is 5.95. The van der Waals surface area contributed by atoms with Crippen LogP contribution in [0.5, 0.6) is 0 Å². The van der Waals surface area contributed by atoms with Crippen molar-refractivity contribution in [2.75, 3.05) is 6.54 Å². The molecule has 0 aliphatic rings. The van der Waals surface area contributed by atoms with E-state index < -0.39 is 6.10 Å². The monoisotopic (exact) mass is 303 g/mol. The van der Waals surface area contributed by atoms with E-state index in [-0.39, 0.29) is 11.9 Å². The second-order valence-electron chi connectivity index (χ2n) is 5.62. The third-order valence-corrected chi connectivity index (χ3v) is 3.24. The van der Waals surface area contributed by atoms with Crippen molar-refractivity contribution in [3.8, 4) is 11.4 Å². The van der Waals surface area contributed by atoms with Gasteiger partial charge in [0.15, 0.2) is 0 Å². The average molecular weight is 303 g/mol. The summed E-state index contributed by atoms with van der Waals surface area (Å²) in [6, 6.07) is 7.10. The summed E-state index contributed by atoms with van der Waals surface area (Å²) >= 11 is 0. The Hall–Kier alpha value is -2.21. The fraction of sp³-hybridized carbons (Fsp3) is 0.438. The van der Waals surface area contributed by atoms with Crippen LogP contribution in [0, 0.1) is 6.92 Å². The van der Waals surface area contributed by atoms with E-state index in [1.165, 1.54) is 0 Å². The molecular weight excluding hydrogens is 282 g/mol. The number of carbonyl (C=O) groups excluding carboxylic acids is 1. The molecule has 0 aliphatic carbocycles. The maximum Gasteiger partial charge on any atom is 0.254 e. The Morgan fingerprint density at radius 1 is 1.36 bits per heavy atom. The van der Waals surface area contributed by atoms with Gasteiger partial charge in [0.05, 0.1) is 6.10 Å². The SMILES string of the molecule is Cc1nc(-c2cccc(C(=O)N(CC(C)O)C(C)C)c2)no1. The van der Waals surface area contributed by atoms with E-state index >= 15 is 0 Å². The topological polar surface area (TPSA) is 79.5 Å². The maximum absolute atomic E-state index is 12.7. The summed E-state index contributed by atoms with van der Waals surface area (Å²) in [6.45, 7) is 7.53. The lowest BCUT2D eigenvalue weighted by Crippen LogP contribution is -2.41. The molecule has 0 saturated heterocycles. The lowest BCUT2D eigenvalue weighted by molar-refractivity contribution is 0.0579. The first-order valence-electron chi connectivity index (χ1n) is 7.28. The first kappa shape index (κ1) is 16.2. The minimum atomic E-state index is -0.575. The van der Waals surface area contributed by atoms with Gasteiger partial charge in [-0.2, -0.15) is 4.98 Å². The normalized spacial score (nSPS) is 12.5. The van der Waals surface area contributed by atoms with Gasteiger partial charge in [0.2, 0.25) is 11.7 Å². The van der Waals surface area contributed by atoms with Crippen LogP contribution in [0.2, 0.25) is 0 Å². The molecule has 0 spiro atoms. The maximum atomic E-state index is 12.7. The molecule has 0 saturated carbocycles. The third-order valence-electron chi connectivity index (χ3n) is 3.24.